The minimum absolute atomic E-state index is 0.00658. The van der Waals surface area contributed by atoms with Crippen molar-refractivity contribution in [1.29, 1.82) is 0 Å². The van der Waals surface area contributed by atoms with E-state index in [0.29, 0.717) is 53.8 Å². The lowest BCUT2D eigenvalue weighted by Gasteiger charge is -2.42. The van der Waals surface area contributed by atoms with Crippen LogP contribution in [0.25, 0.3) is 0 Å². The van der Waals surface area contributed by atoms with E-state index in [9.17, 15) is 14.7 Å². The lowest BCUT2D eigenvalue weighted by molar-refractivity contribution is -0.0585. The molecule has 0 spiro atoms. The summed E-state index contributed by atoms with van der Waals surface area (Å²) in [7, 11) is 1.52. The number of hydrogen-bond acceptors (Lipinski definition) is 7. The van der Waals surface area contributed by atoms with Crippen molar-refractivity contribution in [3.63, 3.8) is 0 Å². The molecule has 2 saturated heterocycles. The van der Waals surface area contributed by atoms with Crippen LogP contribution < -0.4 is 10.3 Å². The third-order valence-electron chi connectivity index (χ3n) is 6.94. The highest BCUT2D eigenvalue weighted by molar-refractivity contribution is 6.42. The molecule has 11 heteroatoms. The highest BCUT2D eigenvalue weighted by Crippen LogP contribution is 2.47. The van der Waals surface area contributed by atoms with Crippen molar-refractivity contribution >= 4 is 29.3 Å². The second-order valence-corrected chi connectivity index (χ2v) is 11.7. The molecule has 1 unspecified atom stereocenters. The van der Waals surface area contributed by atoms with E-state index in [1.165, 1.54) is 7.11 Å². The second kappa shape index (κ2) is 11.8. The van der Waals surface area contributed by atoms with Crippen LogP contribution in [0.1, 0.15) is 56.7 Å². The average molecular weight is 568 g/mol. The van der Waals surface area contributed by atoms with E-state index in [0.717, 1.165) is 5.56 Å². The molecule has 2 aliphatic rings. The summed E-state index contributed by atoms with van der Waals surface area (Å²) in [5, 5.41) is 11.7. The number of rotatable bonds is 8. The van der Waals surface area contributed by atoms with Crippen LogP contribution in [-0.4, -0.2) is 71.3 Å². The van der Waals surface area contributed by atoms with Crippen molar-refractivity contribution in [1.82, 2.24) is 14.8 Å². The lowest BCUT2D eigenvalue weighted by atomic mass is 9.90. The van der Waals surface area contributed by atoms with Crippen LogP contribution in [0.3, 0.4) is 0 Å². The zero-order valence-electron chi connectivity index (χ0n) is 22.1. The van der Waals surface area contributed by atoms with Gasteiger partial charge in [-0.1, -0.05) is 29.3 Å². The number of H-pyrrole nitrogens is 1. The molecule has 3 atom stereocenters. The maximum Gasteiger partial charge on any atom is 0.410 e. The first-order chi connectivity index (χ1) is 18.0. The summed E-state index contributed by atoms with van der Waals surface area (Å²) in [6.07, 6.45) is 1.41. The first-order valence-corrected chi connectivity index (χ1v) is 13.4. The van der Waals surface area contributed by atoms with Crippen molar-refractivity contribution < 1.29 is 24.1 Å². The minimum atomic E-state index is -0.711. The van der Waals surface area contributed by atoms with E-state index < -0.39 is 24.0 Å². The Labute approximate surface area is 232 Å². The second-order valence-electron chi connectivity index (χ2n) is 10.9. The molecule has 0 bridgehead atoms. The quantitative estimate of drug-likeness (QED) is 0.442. The third kappa shape index (κ3) is 6.46. The zero-order chi connectivity index (χ0) is 27.6. The normalized spacial score (nSPS) is 21.3. The van der Waals surface area contributed by atoms with Gasteiger partial charge in [0.25, 0.3) is 5.56 Å². The summed E-state index contributed by atoms with van der Waals surface area (Å²) in [6, 6.07) is 6.53. The molecule has 2 N–H and O–H groups in total. The summed E-state index contributed by atoms with van der Waals surface area (Å²) >= 11 is 13.0. The van der Waals surface area contributed by atoms with Gasteiger partial charge in [0, 0.05) is 50.0 Å². The largest absolute Gasteiger partial charge is 0.467 e. The molecule has 9 nitrogen and oxygen atoms in total. The Bertz CT molecular complexity index is 1190. The molecule has 38 heavy (non-hydrogen) atoms. The predicted molar refractivity (Wildman–Crippen MR) is 145 cm³/mol. The first kappa shape index (κ1) is 28.7. The number of aliphatic hydroxyl groups excluding tert-OH is 1. The maximum atomic E-state index is 13.3. The molecular formula is C27H35Cl2N3O6. The van der Waals surface area contributed by atoms with Gasteiger partial charge in [-0.25, -0.2) is 4.79 Å². The van der Waals surface area contributed by atoms with Gasteiger partial charge in [0.2, 0.25) is 0 Å². The molecule has 0 saturated carbocycles. The fraction of sp³-hybridized carbons (Fsp3) is 0.556. The van der Waals surface area contributed by atoms with Gasteiger partial charge in [0.05, 0.1) is 16.1 Å². The topological polar surface area (TPSA) is 104 Å². The zero-order valence-corrected chi connectivity index (χ0v) is 23.6. The van der Waals surface area contributed by atoms with Crippen LogP contribution >= 0.6 is 23.2 Å². The van der Waals surface area contributed by atoms with Crippen molar-refractivity contribution in [2.75, 3.05) is 33.5 Å². The summed E-state index contributed by atoms with van der Waals surface area (Å²) in [5.74, 6) is 0.515. The number of hydrogen-bond donors (Lipinski definition) is 2. The number of aromatic amines is 1. The van der Waals surface area contributed by atoms with Gasteiger partial charge in [0.15, 0.2) is 6.79 Å². The molecule has 0 aliphatic carbocycles. The van der Waals surface area contributed by atoms with Gasteiger partial charge < -0.3 is 29.2 Å². The summed E-state index contributed by atoms with van der Waals surface area (Å²) in [5.41, 5.74) is 0.538. The van der Waals surface area contributed by atoms with E-state index in [1.54, 1.807) is 23.2 Å². The van der Waals surface area contributed by atoms with Crippen molar-refractivity contribution in [3.05, 3.63) is 62.0 Å². The molecule has 208 valence electrons. The van der Waals surface area contributed by atoms with Crippen LogP contribution in [0.5, 0.6) is 5.75 Å². The van der Waals surface area contributed by atoms with Gasteiger partial charge >= 0.3 is 6.09 Å². The highest BCUT2D eigenvalue weighted by Gasteiger charge is 2.43. The Morgan fingerprint density at radius 2 is 1.95 bits per heavy atom. The van der Waals surface area contributed by atoms with Crippen molar-refractivity contribution in [2.24, 2.45) is 5.92 Å². The highest BCUT2D eigenvalue weighted by atomic mass is 35.5. The van der Waals surface area contributed by atoms with E-state index in [-0.39, 0.29) is 24.2 Å². The van der Waals surface area contributed by atoms with Gasteiger partial charge in [0.1, 0.15) is 17.6 Å². The van der Waals surface area contributed by atoms with E-state index in [4.69, 9.17) is 37.4 Å². The van der Waals surface area contributed by atoms with E-state index in [2.05, 4.69) is 4.98 Å². The number of nitrogens with one attached hydrogen (secondary N) is 1. The molecule has 0 radical (unpaired) electrons. The van der Waals surface area contributed by atoms with Gasteiger partial charge in [-0.2, -0.15) is 0 Å². The molecule has 2 aromatic rings. The van der Waals surface area contributed by atoms with Crippen molar-refractivity contribution in [2.45, 2.75) is 57.4 Å². The molecular weight excluding hydrogens is 533 g/mol. The number of carbonyl (C=O) groups excluding carboxylic acids is 1. The van der Waals surface area contributed by atoms with Crippen LogP contribution in [0, 0.1) is 5.92 Å². The number of aromatic nitrogens is 1. The number of halogens is 2. The number of pyridine rings is 1. The summed E-state index contributed by atoms with van der Waals surface area (Å²) < 4.78 is 16.6. The third-order valence-corrected chi connectivity index (χ3v) is 7.76. The Balaban J connectivity index is 1.52. The summed E-state index contributed by atoms with van der Waals surface area (Å²) in [6.45, 7) is 7.01. The number of benzene rings is 1. The number of likely N-dealkylation sites (tertiary alicyclic amines) is 2. The molecule has 2 fully saturated rings. The monoisotopic (exact) mass is 567 g/mol. The Kier molecular flexibility index (Phi) is 8.94. The predicted octanol–water partition coefficient (Wildman–Crippen LogP) is 4.77. The van der Waals surface area contributed by atoms with Crippen LogP contribution in [0.4, 0.5) is 4.79 Å². The maximum absolute atomic E-state index is 13.3. The Morgan fingerprint density at radius 1 is 1.21 bits per heavy atom. The van der Waals surface area contributed by atoms with Crippen LogP contribution in [-0.2, 0) is 9.47 Å². The number of ether oxygens (including phenoxy) is 3. The molecule has 2 aliphatic heterocycles. The molecule has 1 aromatic carbocycles. The van der Waals surface area contributed by atoms with Gasteiger partial charge in [-0.15, -0.1) is 0 Å². The fourth-order valence-corrected chi connectivity index (χ4v) is 5.60. The van der Waals surface area contributed by atoms with Crippen molar-refractivity contribution in [3.8, 4) is 5.75 Å². The Morgan fingerprint density at radius 3 is 2.61 bits per heavy atom. The number of carbonyl (C=O) groups is 1. The molecule has 1 amide bonds. The first-order valence-electron chi connectivity index (χ1n) is 12.7. The lowest BCUT2D eigenvalue weighted by Crippen LogP contribution is -2.52. The standard InChI is InChI=1S/C27H35Cl2N3O6/c1-27(2,3)38-26(35)32-12-16(10-20(32)23-21(37-15-36-4)8-7-19(28)24(23)29)11-22(33)31-13-17(14-31)18-6-5-9-30-25(18)34/h5-9,16-17,20,22,33H,10-15H2,1-4H3,(H,30,34)/t16-,20+,22?/m0/s1. The van der Waals surface area contributed by atoms with E-state index >= 15 is 0 Å². The van der Waals surface area contributed by atoms with Gasteiger partial charge in [-0.05, 0) is 57.7 Å². The smallest absolute Gasteiger partial charge is 0.410 e. The average Bonchev–Trinajstić information content (AvgIpc) is 3.22. The number of amides is 1. The fourth-order valence-electron chi connectivity index (χ4n) is 5.15. The molecule has 1 aromatic heterocycles. The number of methoxy groups -OCH3 is 1. The number of nitrogens with zero attached hydrogens (tertiary/aromatic N) is 2. The molecule has 3 heterocycles. The molecule has 4 rings (SSSR count). The van der Waals surface area contributed by atoms with Crippen LogP contribution in [0.15, 0.2) is 35.3 Å². The SMILES string of the molecule is COCOc1ccc(Cl)c(Cl)c1[C@H]1C[C@@H](CC(O)N2CC(c3ccc[nH]c3=O)C2)CN1C(=O)OC(C)(C)C. The Hall–Kier alpha value is -2.30. The minimum Gasteiger partial charge on any atom is -0.467 e. The van der Waals surface area contributed by atoms with Gasteiger partial charge in [-0.3, -0.25) is 9.69 Å². The number of aliphatic hydroxyl groups is 1. The van der Waals surface area contributed by atoms with E-state index in [1.807, 2.05) is 37.8 Å². The van der Waals surface area contributed by atoms with Crippen LogP contribution in [0.2, 0.25) is 10.0 Å². The summed E-state index contributed by atoms with van der Waals surface area (Å²) in [4.78, 5) is 31.7.